The number of nitrogens with two attached hydrogens (primary N) is 1. The van der Waals surface area contributed by atoms with Crippen molar-refractivity contribution in [3.8, 4) is 0 Å². The Morgan fingerprint density at radius 3 is 2.79 bits per heavy atom. The van der Waals surface area contributed by atoms with Crippen molar-refractivity contribution in [2.24, 2.45) is 11.1 Å². The second-order valence-electron chi connectivity index (χ2n) is 5.25. The van der Waals surface area contributed by atoms with Gasteiger partial charge in [-0.3, -0.25) is 9.48 Å². The number of rotatable bonds is 4. The van der Waals surface area contributed by atoms with Gasteiger partial charge in [0.2, 0.25) is 5.43 Å². The summed E-state index contributed by atoms with van der Waals surface area (Å²) in [5.41, 5.74) is 6.29. The van der Waals surface area contributed by atoms with Gasteiger partial charge in [-0.05, 0) is 18.6 Å². The molecule has 2 aromatic rings. The van der Waals surface area contributed by atoms with Gasteiger partial charge in [0.05, 0.1) is 16.7 Å². The van der Waals surface area contributed by atoms with E-state index in [0.29, 0.717) is 16.9 Å². The van der Waals surface area contributed by atoms with E-state index >= 15 is 0 Å². The molecule has 1 aromatic carbocycles. The highest BCUT2D eigenvalue weighted by Crippen LogP contribution is 2.22. The summed E-state index contributed by atoms with van der Waals surface area (Å²) in [5, 5.41) is 4.87. The van der Waals surface area contributed by atoms with Crippen LogP contribution in [0.25, 0.3) is 10.9 Å². The highest BCUT2D eigenvalue weighted by atomic mass is 32.1. The molecule has 0 fully saturated rings. The van der Waals surface area contributed by atoms with Crippen LogP contribution < -0.4 is 11.2 Å². The minimum atomic E-state index is -0.221. The molecule has 100 valence electrons. The quantitative estimate of drug-likeness (QED) is 0.868. The van der Waals surface area contributed by atoms with Crippen LogP contribution in [-0.4, -0.2) is 14.8 Å². The van der Waals surface area contributed by atoms with Crippen molar-refractivity contribution < 1.29 is 0 Å². The van der Waals surface area contributed by atoms with E-state index in [1.807, 2.05) is 42.8 Å². The maximum Gasteiger partial charge on any atom is 0.207 e. The molecule has 0 spiro atoms. The molecule has 0 atom stereocenters. The molecule has 2 rings (SSSR count). The molecule has 1 aromatic heterocycles. The first-order valence-corrected chi connectivity index (χ1v) is 6.57. The fraction of sp³-hybridized carbons (Fsp3) is 0.357. The maximum absolute atomic E-state index is 11.7. The molecule has 0 radical (unpaired) electrons. The molecule has 0 saturated heterocycles. The zero-order chi connectivity index (χ0) is 14.0. The van der Waals surface area contributed by atoms with Gasteiger partial charge in [0.1, 0.15) is 0 Å². The third kappa shape index (κ3) is 2.81. The van der Waals surface area contributed by atoms with E-state index in [2.05, 4.69) is 5.10 Å². The number of hydrogen-bond acceptors (Lipinski definition) is 3. The van der Waals surface area contributed by atoms with Gasteiger partial charge in [-0.2, -0.15) is 5.10 Å². The smallest absolute Gasteiger partial charge is 0.207 e. The molecule has 0 aliphatic carbocycles. The number of aryl methyl sites for hydroxylation is 1. The van der Waals surface area contributed by atoms with Gasteiger partial charge in [0, 0.05) is 17.3 Å². The lowest BCUT2D eigenvalue weighted by atomic mass is 9.89. The molecular weight excluding hydrogens is 258 g/mol. The lowest BCUT2D eigenvalue weighted by Crippen LogP contribution is -2.31. The molecular formula is C14H17N3OS. The van der Waals surface area contributed by atoms with Crippen LogP contribution in [0.2, 0.25) is 0 Å². The van der Waals surface area contributed by atoms with Crippen LogP contribution in [0.15, 0.2) is 35.3 Å². The first-order valence-electron chi connectivity index (χ1n) is 6.16. The fourth-order valence-corrected chi connectivity index (χ4v) is 1.95. The molecule has 0 aliphatic rings. The topological polar surface area (TPSA) is 60.9 Å². The van der Waals surface area contributed by atoms with Crippen LogP contribution in [-0.2, 0) is 6.54 Å². The minimum Gasteiger partial charge on any atom is -0.393 e. The fourth-order valence-electron chi connectivity index (χ4n) is 1.85. The van der Waals surface area contributed by atoms with E-state index in [9.17, 15) is 4.79 Å². The largest absolute Gasteiger partial charge is 0.393 e. The Balaban J connectivity index is 2.35. The second kappa shape index (κ2) is 5.09. The molecule has 19 heavy (non-hydrogen) atoms. The number of thiocarbonyl (C=S) groups is 1. The summed E-state index contributed by atoms with van der Waals surface area (Å²) < 4.78 is 1.83. The lowest BCUT2D eigenvalue weighted by Gasteiger charge is -2.23. The lowest BCUT2D eigenvalue weighted by molar-refractivity contribution is 0.421. The Hall–Kier alpha value is -1.75. The Labute approximate surface area is 117 Å². The van der Waals surface area contributed by atoms with Crippen molar-refractivity contribution in [2.75, 3.05) is 0 Å². The number of para-hydroxylation sites is 1. The van der Waals surface area contributed by atoms with Crippen LogP contribution >= 0.6 is 12.2 Å². The van der Waals surface area contributed by atoms with Crippen molar-refractivity contribution in [1.29, 1.82) is 0 Å². The van der Waals surface area contributed by atoms with E-state index in [-0.39, 0.29) is 10.8 Å². The van der Waals surface area contributed by atoms with E-state index in [4.69, 9.17) is 18.0 Å². The van der Waals surface area contributed by atoms with Gasteiger partial charge in [-0.1, -0.05) is 38.2 Å². The summed E-state index contributed by atoms with van der Waals surface area (Å²) in [4.78, 5) is 12.2. The number of hydrogen-bond donors (Lipinski definition) is 1. The first-order chi connectivity index (χ1) is 8.92. The number of fused-ring (bicyclic) bond motifs is 1. The normalized spacial score (nSPS) is 11.7. The summed E-state index contributed by atoms with van der Waals surface area (Å²) in [6.45, 7) is 4.70. The second-order valence-corrected chi connectivity index (χ2v) is 5.69. The monoisotopic (exact) mass is 275 g/mol. The van der Waals surface area contributed by atoms with Crippen LogP contribution in [0.1, 0.15) is 20.3 Å². The Morgan fingerprint density at radius 2 is 2.11 bits per heavy atom. The summed E-state index contributed by atoms with van der Waals surface area (Å²) in [5.74, 6) is 0. The van der Waals surface area contributed by atoms with Gasteiger partial charge in [-0.15, -0.1) is 0 Å². The SMILES string of the molecule is CC(C)(CCn1ncc(=O)c2ccccc21)C(N)=S. The third-order valence-electron chi connectivity index (χ3n) is 3.38. The molecule has 0 unspecified atom stereocenters. The molecule has 0 amide bonds. The van der Waals surface area contributed by atoms with E-state index in [1.54, 1.807) is 0 Å². The van der Waals surface area contributed by atoms with Crippen molar-refractivity contribution >= 4 is 28.1 Å². The van der Waals surface area contributed by atoms with E-state index in [1.165, 1.54) is 6.20 Å². The minimum absolute atomic E-state index is 0.0551. The molecule has 0 bridgehead atoms. The van der Waals surface area contributed by atoms with Crippen LogP contribution in [0.5, 0.6) is 0 Å². The first kappa shape index (κ1) is 13.7. The Kier molecular flexibility index (Phi) is 3.66. The number of nitrogens with zero attached hydrogens (tertiary/aromatic N) is 2. The number of benzene rings is 1. The maximum atomic E-state index is 11.7. The molecule has 1 heterocycles. The predicted molar refractivity (Wildman–Crippen MR) is 81.2 cm³/mol. The van der Waals surface area contributed by atoms with Crippen molar-refractivity contribution in [3.05, 3.63) is 40.7 Å². The zero-order valence-corrected chi connectivity index (χ0v) is 11.9. The van der Waals surface area contributed by atoms with Crippen molar-refractivity contribution in [3.63, 3.8) is 0 Å². The summed E-state index contributed by atoms with van der Waals surface area (Å²) >= 11 is 5.06. The average Bonchev–Trinajstić information content (AvgIpc) is 2.38. The average molecular weight is 275 g/mol. The molecule has 5 heteroatoms. The molecule has 0 aliphatic heterocycles. The van der Waals surface area contributed by atoms with Crippen LogP contribution in [0.3, 0.4) is 0 Å². The third-order valence-corrected chi connectivity index (χ3v) is 3.93. The predicted octanol–water partition coefficient (Wildman–Crippen LogP) is 2.10. The van der Waals surface area contributed by atoms with Gasteiger partial charge in [-0.25, -0.2) is 0 Å². The molecule has 2 N–H and O–H groups in total. The summed E-state index contributed by atoms with van der Waals surface area (Å²) in [7, 11) is 0. The van der Waals surface area contributed by atoms with E-state index < -0.39 is 0 Å². The van der Waals surface area contributed by atoms with Gasteiger partial charge >= 0.3 is 0 Å². The van der Waals surface area contributed by atoms with Crippen molar-refractivity contribution in [1.82, 2.24) is 9.78 Å². The summed E-state index contributed by atoms with van der Waals surface area (Å²) in [6, 6.07) is 7.47. The highest BCUT2D eigenvalue weighted by Gasteiger charge is 2.21. The highest BCUT2D eigenvalue weighted by molar-refractivity contribution is 7.80. The van der Waals surface area contributed by atoms with Crippen LogP contribution in [0.4, 0.5) is 0 Å². The Morgan fingerprint density at radius 1 is 1.42 bits per heavy atom. The van der Waals surface area contributed by atoms with Crippen LogP contribution in [0, 0.1) is 5.41 Å². The summed E-state index contributed by atoms with van der Waals surface area (Å²) in [6.07, 6.45) is 2.14. The number of aromatic nitrogens is 2. The van der Waals surface area contributed by atoms with Gasteiger partial charge < -0.3 is 5.73 Å². The van der Waals surface area contributed by atoms with Crippen molar-refractivity contribution in [2.45, 2.75) is 26.8 Å². The van der Waals surface area contributed by atoms with Gasteiger partial charge in [0.25, 0.3) is 0 Å². The molecule has 0 saturated carbocycles. The standard InChI is InChI=1S/C14H17N3OS/c1-14(2,13(15)19)7-8-17-11-6-4-3-5-10(11)12(18)9-16-17/h3-6,9H,7-8H2,1-2H3,(H2,15,19). The zero-order valence-electron chi connectivity index (χ0n) is 11.1. The van der Waals surface area contributed by atoms with Gasteiger partial charge in [0.15, 0.2) is 0 Å². The van der Waals surface area contributed by atoms with E-state index in [0.717, 1.165) is 11.9 Å². The molecule has 4 nitrogen and oxygen atoms in total. The Bertz CT molecular complexity index is 676.